The minimum atomic E-state index is -3.28. The molecule has 0 bridgehead atoms. The van der Waals surface area contributed by atoms with Crippen LogP contribution in [0.3, 0.4) is 0 Å². The van der Waals surface area contributed by atoms with Gasteiger partial charge in [-0.05, 0) is 42.3 Å². The molecule has 0 N–H and O–H groups in total. The smallest absolute Gasteiger partial charge is 0.316 e. The molecular weight excluding hydrogens is 488 g/mol. The molecule has 0 amide bonds. The molecule has 0 aliphatic carbocycles. The van der Waals surface area contributed by atoms with Crippen LogP contribution in [0, 0.1) is 6.92 Å². The molecule has 4 aromatic rings. The lowest BCUT2D eigenvalue weighted by Gasteiger charge is -2.35. The van der Waals surface area contributed by atoms with Crippen LogP contribution >= 0.6 is 0 Å². The number of sulfonamides is 1. The normalized spacial score (nSPS) is 14.5. The lowest BCUT2D eigenvalue weighted by molar-refractivity contribution is 0.384. The Kier molecular flexibility index (Phi) is 6.82. The van der Waals surface area contributed by atoms with E-state index in [2.05, 4.69) is 5.10 Å². The first kappa shape index (κ1) is 24.7. The summed E-state index contributed by atoms with van der Waals surface area (Å²) in [4.78, 5) is 15.6. The Balaban J connectivity index is 1.50. The summed E-state index contributed by atoms with van der Waals surface area (Å²) in [6.07, 6.45) is 2.83. The molecule has 0 saturated carbocycles. The lowest BCUT2D eigenvalue weighted by Crippen LogP contribution is -2.48. The first-order chi connectivity index (χ1) is 17.8. The number of rotatable bonds is 6. The van der Waals surface area contributed by atoms with E-state index in [1.54, 1.807) is 6.20 Å². The van der Waals surface area contributed by atoms with Crippen LogP contribution in [0.2, 0.25) is 0 Å². The number of anilines is 1. The van der Waals surface area contributed by atoms with Gasteiger partial charge in [-0.1, -0.05) is 60.2 Å². The first-order valence-corrected chi connectivity index (χ1v) is 13.9. The summed E-state index contributed by atoms with van der Waals surface area (Å²) in [6, 6.07) is 25.1. The van der Waals surface area contributed by atoms with Gasteiger partial charge in [0.1, 0.15) is 11.4 Å². The number of benzene rings is 3. The van der Waals surface area contributed by atoms with Crippen molar-refractivity contribution in [2.45, 2.75) is 6.92 Å². The topological polar surface area (TPSA) is 84.7 Å². The number of aromatic nitrogens is 2. The highest BCUT2D eigenvalue weighted by atomic mass is 32.2. The Labute approximate surface area is 216 Å². The number of ether oxygens (including phenoxy) is 1. The van der Waals surface area contributed by atoms with Crippen LogP contribution in [-0.2, 0) is 10.0 Å². The van der Waals surface area contributed by atoms with Gasteiger partial charge >= 0.3 is 5.56 Å². The number of piperazine rings is 1. The molecule has 1 saturated heterocycles. The van der Waals surface area contributed by atoms with Crippen molar-refractivity contribution in [1.29, 1.82) is 0 Å². The minimum absolute atomic E-state index is 0.149. The van der Waals surface area contributed by atoms with Gasteiger partial charge in [-0.3, -0.25) is 4.79 Å². The minimum Gasteiger partial charge on any atom is -0.449 e. The second-order valence-corrected chi connectivity index (χ2v) is 11.0. The Hall–Kier alpha value is -3.95. The van der Waals surface area contributed by atoms with Crippen LogP contribution in [0.5, 0.6) is 11.5 Å². The van der Waals surface area contributed by atoms with E-state index >= 15 is 0 Å². The third kappa shape index (κ3) is 5.42. The van der Waals surface area contributed by atoms with Gasteiger partial charge in [-0.25, -0.2) is 8.42 Å². The SMILES string of the molecule is Cc1ccc(-n2ncc(N3CCN(S(C)(=O)=O)CC3)c(Oc3ccc(-c4ccccc4)cc3)c2=O)cc1. The standard InChI is InChI=1S/C28H28N4O4S/c1-21-8-12-24(13-9-21)32-28(33)27(26(20-29-32)30-16-18-31(19-17-30)37(2,34)35)36-25-14-10-23(11-15-25)22-6-4-3-5-7-22/h3-15,20H,16-19H2,1-2H3. The van der Waals surface area contributed by atoms with Crippen LogP contribution in [0.25, 0.3) is 16.8 Å². The molecule has 3 aromatic carbocycles. The van der Waals surface area contributed by atoms with E-state index in [9.17, 15) is 13.2 Å². The fraction of sp³-hybridized carbons (Fsp3) is 0.214. The van der Waals surface area contributed by atoms with E-state index in [0.717, 1.165) is 16.7 Å². The van der Waals surface area contributed by atoms with Gasteiger partial charge in [-0.2, -0.15) is 14.1 Å². The van der Waals surface area contributed by atoms with Crippen LogP contribution in [-0.4, -0.2) is 54.9 Å². The van der Waals surface area contributed by atoms with Gasteiger partial charge in [0, 0.05) is 26.2 Å². The van der Waals surface area contributed by atoms with Crippen LogP contribution < -0.4 is 15.2 Å². The van der Waals surface area contributed by atoms with E-state index < -0.39 is 10.0 Å². The highest BCUT2D eigenvalue weighted by Crippen LogP contribution is 2.31. The van der Waals surface area contributed by atoms with Gasteiger partial charge in [0.25, 0.3) is 0 Å². The molecule has 0 radical (unpaired) electrons. The zero-order chi connectivity index (χ0) is 26.0. The van der Waals surface area contributed by atoms with E-state index in [4.69, 9.17) is 4.74 Å². The summed E-state index contributed by atoms with van der Waals surface area (Å²) in [7, 11) is -3.28. The van der Waals surface area contributed by atoms with Gasteiger partial charge < -0.3 is 9.64 Å². The Morgan fingerprint density at radius 3 is 2.05 bits per heavy atom. The second-order valence-electron chi connectivity index (χ2n) is 9.05. The van der Waals surface area contributed by atoms with Crippen LogP contribution in [0.15, 0.2) is 89.9 Å². The summed E-state index contributed by atoms with van der Waals surface area (Å²) in [5, 5.41) is 4.43. The van der Waals surface area contributed by atoms with E-state index in [1.807, 2.05) is 90.7 Å². The fourth-order valence-corrected chi connectivity index (χ4v) is 5.17. The van der Waals surface area contributed by atoms with E-state index in [0.29, 0.717) is 43.3 Å². The van der Waals surface area contributed by atoms with Crippen molar-refractivity contribution in [2.24, 2.45) is 0 Å². The van der Waals surface area contributed by atoms with Gasteiger partial charge in [-0.15, -0.1) is 0 Å². The second kappa shape index (κ2) is 10.2. The molecule has 0 spiro atoms. The van der Waals surface area contributed by atoms with Crippen molar-refractivity contribution in [3.05, 3.63) is 101 Å². The third-order valence-electron chi connectivity index (χ3n) is 6.42. The van der Waals surface area contributed by atoms with Gasteiger partial charge in [0.05, 0.1) is 18.1 Å². The lowest BCUT2D eigenvalue weighted by atomic mass is 10.1. The molecule has 1 aromatic heterocycles. The molecule has 9 heteroatoms. The molecule has 1 aliphatic heterocycles. The maximum atomic E-state index is 13.7. The van der Waals surface area contributed by atoms with Gasteiger partial charge in [0.15, 0.2) is 0 Å². The van der Waals surface area contributed by atoms with Crippen LogP contribution in [0.1, 0.15) is 5.56 Å². The average Bonchev–Trinajstić information content (AvgIpc) is 2.91. The van der Waals surface area contributed by atoms with E-state index in [-0.39, 0.29) is 11.3 Å². The molecule has 5 rings (SSSR count). The van der Waals surface area contributed by atoms with E-state index in [1.165, 1.54) is 15.2 Å². The molecule has 0 unspecified atom stereocenters. The Morgan fingerprint density at radius 1 is 0.811 bits per heavy atom. The number of nitrogens with zero attached hydrogens (tertiary/aromatic N) is 4. The van der Waals surface area contributed by atoms with Crippen molar-refractivity contribution < 1.29 is 13.2 Å². The molecule has 190 valence electrons. The van der Waals surface area contributed by atoms with Crippen LogP contribution in [0.4, 0.5) is 5.69 Å². The summed E-state index contributed by atoms with van der Waals surface area (Å²) in [5.74, 6) is 0.672. The van der Waals surface area contributed by atoms with Crippen molar-refractivity contribution in [1.82, 2.24) is 14.1 Å². The highest BCUT2D eigenvalue weighted by Gasteiger charge is 2.27. The first-order valence-electron chi connectivity index (χ1n) is 12.0. The monoisotopic (exact) mass is 516 g/mol. The molecule has 37 heavy (non-hydrogen) atoms. The maximum Gasteiger partial charge on any atom is 0.316 e. The molecule has 1 aliphatic rings. The summed E-state index contributed by atoms with van der Waals surface area (Å²) >= 11 is 0. The Morgan fingerprint density at radius 2 is 1.43 bits per heavy atom. The van der Waals surface area contributed by atoms with Crippen molar-refractivity contribution in [3.63, 3.8) is 0 Å². The molecule has 1 fully saturated rings. The fourth-order valence-electron chi connectivity index (χ4n) is 4.34. The van der Waals surface area contributed by atoms with Gasteiger partial charge in [0.2, 0.25) is 15.8 Å². The number of hydrogen-bond donors (Lipinski definition) is 0. The predicted octanol–water partition coefficient (Wildman–Crippen LogP) is 4.08. The maximum absolute atomic E-state index is 13.7. The molecule has 0 atom stereocenters. The quantitative estimate of drug-likeness (QED) is 0.384. The number of hydrogen-bond acceptors (Lipinski definition) is 6. The zero-order valence-corrected chi connectivity index (χ0v) is 21.6. The largest absolute Gasteiger partial charge is 0.449 e. The zero-order valence-electron chi connectivity index (χ0n) is 20.7. The summed E-state index contributed by atoms with van der Waals surface area (Å²) < 4.78 is 32.9. The molecule has 8 nitrogen and oxygen atoms in total. The van der Waals surface area contributed by atoms with Crippen molar-refractivity contribution in [2.75, 3.05) is 37.3 Å². The molecule has 2 heterocycles. The predicted molar refractivity (Wildman–Crippen MR) is 145 cm³/mol. The Bertz CT molecular complexity index is 1540. The van der Waals surface area contributed by atoms with Crippen molar-refractivity contribution >= 4 is 15.7 Å². The summed E-state index contributed by atoms with van der Waals surface area (Å²) in [6.45, 7) is 3.47. The average molecular weight is 517 g/mol. The number of aryl methyl sites for hydroxylation is 1. The third-order valence-corrected chi connectivity index (χ3v) is 7.73. The summed E-state index contributed by atoms with van der Waals surface area (Å²) in [5.41, 5.74) is 3.98. The van der Waals surface area contributed by atoms with Crippen molar-refractivity contribution in [3.8, 4) is 28.3 Å². The highest BCUT2D eigenvalue weighted by molar-refractivity contribution is 7.88. The molecular formula is C28H28N4O4S.